The third-order valence-electron chi connectivity index (χ3n) is 3.30. The molecule has 0 aliphatic heterocycles. The first-order valence-electron chi connectivity index (χ1n) is 7.12. The zero-order valence-electron chi connectivity index (χ0n) is 12.5. The predicted octanol–water partition coefficient (Wildman–Crippen LogP) is 3.62. The average Bonchev–Trinajstić information content (AvgIpc) is 2.54. The van der Waals surface area contributed by atoms with Gasteiger partial charge in [-0.05, 0) is 25.1 Å². The molecule has 1 N–H and O–H groups in total. The van der Waals surface area contributed by atoms with Crippen molar-refractivity contribution in [2.75, 3.05) is 13.2 Å². The number of nitrogens with zero attached hydrogens (tertiary/aromatic N) is 1. The van der Waals surface area contributed by atoms with Crippen LogP contribution in [0.5, 0.6) is 5.75 Å². The molecular weight excluding hydrogens is 260 g/mol. The number of hydrogen-bond donors (Lipinski definition) is 1. The number of ether oxygens (including phenoxy) is 1. The Hall–Kier alpha value is -2.31. The van der Waals surface area contributed by atoms with Crippen molar-refractivity contribution in [3.05, 3.63) is 54.6 Å². The van der Waals surface area contributed by atoms with Crippen LogP contribution in [-0.4, -0.2) is 18.7 Å². The fourth-order valence-corrected chi connectivity index (χ4v) is 2.18. The first-order chi connectivity index (χ1) is 10.2. The Bertz CT molecular complexity index is 619. The van der Waals surface area contributed by atoms with Gasteiger partial charge in [-0.1, -0.05) is 55.5 Å². The van der Waals surface area contributed by atoms with Gasteiger partial charge >= 0.3 is 0 Å². The Labute approximate surface area is 126 Å². The van der Waals surface area contributed by atoms with Crippen LogP contribution in [0.4, 0.5) is 0 Å². The summed E-state index contributed by atoms with van der Waals surface area (Å²) in [4.78, 5) is 0. The van der Waals surface area contributed by atoms with Crippen LogP contribution >= 0.6 is 0 Å². The molecule has 0 fully saturated rings. The van der Waals surface area contributed by atoms with E-state index >= 15 is 0 Å². The molecule has 2 aromatic carbocycles. The first-order valence-corrected chi connectivity index (χ1v) is 7.12. The molecule has 1 unspecified atom stereocenters. The van der Waals surface area contributed by atoms with Gasteiger partial charge in [0.25, 0.3) is 0 Å². The molecule has 1 atom stereocenters. The molecule has 2 rings (SSSR count). The smallest absolute Gasteiger partial charge is 0.138 e. The highest BCUT2D eigenvalue weighted by Gasteiger charge is 2.23. The van der Waals surface area contributed by atoms with Crippen LogP contribution in [0, 0.1) is 11.3 Å². The van der Waals surface area contributed by atoms with E-state index in [0.29, 0.717) is 6.61 Å². The summed E-state index contributed by atoms with van der Waals surface area (Å²) in [5.74, 6) is 0.795. The SMILES string of the molecule is CCNC(C)(C#N)COc1ccccc1-c1ccccc1. The summed E-state index contributed by atoms with van der Waals surface area (Å²) in [6, 6.07) is 20.3. The molecule has 0 aliphatic rings. The van der Waals surface area contributed by atoms with Gasteiger partial charge in [0, 0.05) is 5.56 Å². The van der Waals surface area contributed by atoms with Gasteiger partial charge in [-0.2, -0.15) is 5.26 Å². The lowest BCUT2D eigenvalue weighted by atomic mass is 10.0. The fraction of sp³-hybridized carbons (Fsp3) is 0.278. The molecule has 0 amide bonds. The van der Waals surface area contributed by atoms with Gasteiger partial charge in [-0.15, -0.1) is 0 Å². The van der Waals surface area contributed by atoms with E-state index in [2.05, 4.69) is 23.5 Å². The van der Waals surface area contributed by atoms with Gasteiger partial charge in [0.15, 0.2) is 0 Å². The molecule has 0 radical (unpaired) electrons. The maximum Gasteiger partial charge on any atom is 0.138 e. The van der Waals surface area contributed by atoms with Gasteiger partial charge in [-0.3, -0.25) is 5.32 Å². The van der Waals surface area contributed by atoms with Crippen LogP contribution in [0.1, 0.15) is 13.8 Å². The van der Waals surface area contributed by atoms with Crippen molar-refractivity contribution in [2.24, 2.45) is 0 Å². The average molecular weight is 280 g/mol. The van der Waals surface area contributed by atoms with Crippen molar-refractivity contribution in [3.8, 4) is 22.9 Å². The second kappa shape index (κ2) is 6.92. The van der Waals surface area contributed by atoms with Crippen molar-refractivity contribution in [2.45, 2.75) is 19.4 Å². The Morgan fingerprint density at radius 1 is 1.10 bits per heavy atom. The minimum atomic E-state index is -0.682. The molecule has 0 aromatic heterocycles. The van der Waals surface area contributed by atoms with Gasteiger partial charge in [0.2, 0.25) is 0 Å². The Morgan fingerprint density at radius 3 is 2.43 bits per heavy atom. The number of para-hydroxylation sites is 1. The van der Waals surface area contributed by atoms with Crippen LogP contribution in [0.25, 0.3) is 11.1 Å². The van der Waals surface area contributed by atoms with Gasteiger partial charge in [0.1, 0.15) is 17.9 Å². The van der Waals surface area contributed by atoms with E-state index < -0.39 is 5.54 Å². The molecule has 21 heavy (non-hydrogen) atoms. The van der Waals surface area contributed by atoms with E-state index in [1.165, 1.54) is 0 Å². The molecule has 0 saturated heterocycles. The number of benzene rings is 2. The van der Waals surface area contributed by atoms with E-state index in [-0.39, 0.29) is 0 Å². The molecule has 3 heteroatoms. The molecule has 0 saturated carbocycles. The highest BCUT2D eigenvalue weighted by atomic mass is 16.5. The summed E-state index contributed by atoms with van der Waals surface area (Å²) >= 11 is 0. The lowest BCUT2D eigenvalue weighted by molar-refractivity contribution is 0.237. The molecule has 0 bridgehead atoms. The number of likely N-dealkylation sites (N-methyl/N-ethyl adjacent to an activating group) is 1. The van der Waals surface area contributed by atoms with Crippen LogP contribution < -0.4 is 10.1 Å². The maximum absolute atomic E-state index is 9.29. The monoisotopic (exact) mass is 280 g/mol. The molecule has 3 nitrogen and oxygen atoms in total. The predicted molar refractivity (Wildman–Crippen MR) is 85.1 cm³/mol. The molecule has 0 aliphatic carbocycles. The van der Waals surface area contributed by atoms with Crippen molar-refractivity contribution in [3.63, 3.8) is 0 Å². The summed E-state index contributed by atoms with van der Waals surface area (Å²) in [7, 11) is 0. The van der Waals surface area contributed by atoms with Crippen LogP contribution in [0.3, 0.4) is 0 Å². The molecular formula is C18H20N2O. The Morgan fingerprint density at radius 2 is 1.76 bits per heavy atom. The molecule has 2 aromatic rings. The third-order valence-corrected chi connectivity index (χ3v) is 3.30. The minimum absolute atomic E-state index is 0.307. The quantitative estimate of drug-likeness (QED) is 0.879. The second-order valence-corrected chi connectivity index (χ2v) is 5.13. The van der Waals surface area contributed by atoms with E-state index in [1.54, 1.807) is 0 Å². The highest BCUT2D eigenvalue weighted by molar-refractivity contribution is 5.70. The van der Waals surface area contributed by atoms with Crippen molar-refractivity contribution in [1.82, 2.24) is 5.32 Å². The van der Waals surface area contributed by atoms with E-state index in [9.17, 15) is 5.26 Å². The van der Waals surface area contributed by atoms with Gasteiger partial charge < -0.3 is 4.74 Å². The number of nitrogens with one attached hydrogen (secondary N) is 1. The number of rotatable bonds is 6. The van der Waals surface area contributed by atoms with Crippen molar-refractivity contribution < 1.29 is 4.74 Å². The van der Waals surface area contributed by atoms with E-state index in [4.69, 9.17) is 4.74 Å². The zero-order chi connectivity index (χ0) is 15.1. The van der Waals surface area contributed by atoms with Crippen LogP contribution in [0.2, 0.25) is 0 Å². The Kier molecular flexibility index (Phi) is 4.97. The normalized spacial score (nSPS) is 13.2. The number of hydrogen-bond acceptors (Lipinski definition) is 3. The summed E-state index contributed by atoms with van der Waals surface area (Å²) < 4.78 is 5.92. The summed E-state index contributed by atoms with van der Waals surface area (Å²) in [5, 5.41) is 12.4. The minimum Gasteiger partial charge on any atom is -0.490 e. The molecule has 0 spiro atoms. The Balaban J connectivity index is 2.20. The largest absolute Gasteiger partial charge is 0.490 e. The number of nitriles is 1. The maximum atomic E-state index is 9.29. The third kappa shape index (κ3) is 3.84. The highest BCUT2D eigenvalue weighted by Crippen LogP contribution is 2.29. The zero-order valence-corrected chi connectivity index (χ0v) is 12.5. The summed E-state index contributed by atoms with van der Waals surface area (Å²) in [6.07, 6.45) is 0. The fourth-order valence-electron chi connectivity index (χ4n) is 2.18. The van der Waals surface area contributed by atoms with E-state index in [0.717, 1.165) is 23.4 Å². The van der Waals surface area contributed by atoms with Gasteiger partial charge in [0.05, 0.1) is 6.07 Å². The first kappa shape index (κ1) is 15.1. The van der Waals surface area contributed by atoms with Crippen molar-refractivity contribution in [1.29, 1.82) is 5.26 Å². The van der Waals surface area contributed by atoms with Crippen LogP contribution in [-0.2, 0) is 0 Å². The lowest BCUT2D eigenvalue weighted by Crippen LogP contribution is -2.46. The second-order valence-electron chi connectivity index (χ2n) is 5.13. The van der Waals surface area contributed by atoms with E-state index in [1.807, 2.05) is 56.3 Å². The summed E-state index contributed by atoms with van der Waals surface area (Å²) in [5.41, 5.74) is 1.46. The molecule has 0 heterocycles. The topological polar surface area (TPSA) is 45.0 Å². The van der Waals surface area contributed by atoms with Crippen molar-refractivity contribution >= 4 is 0 Å². The standard InChI is InChI=1S/C18H20N2O/c1-3-20-18(2,13-19)14-21-17-12-8-7-11-16(17)15-9-5-4-6-10-15/h4-12,20H,3,14H2,1-2H3. The molecule has 108 valence electrons. The van der Waals surface area contributed by atoms with Crippen LogP contribution in [0.15, 0.2) is 54.6 Å². The summed E-state index contributed by atoms with van der Waals surface area (Å²) in [6.45, 7) is 4.87. The van der Waals surface area contributed by atoms with Gasteiger partial charge in [-0.25, -0.2) is 0 Å². The lowest BCUT2D eigenvalue weighted by Gasteiger charge is -2.23.